The summed E-state index contributed by atoms with van der Waals surface area (Å²) in [5.74, 6) is 1.85. The van der Waals surface area contributed by atoms with Crippen LogP contribution < -0.4 is 5.73 Å². The molecule has 2 aliphatic rings. The summed E-state index contributed by atoms with van der Waals surface area (Å²) in [7, 11) is 0. The Morgan fingerprint density at radius 1 is 1.50 bits per heavy atom. The Morgan fingerprint density at radius 3 is 2.67 bits per heavy atom. The van der Waals surface area contributed by atoms with E-state index in [-0.39, 0.29) is 24.4 Å². The van der Waals surface area contributed by atoms with Gasteiger partial charge in [0, 0.05) is 19.1 Å². The van der Waals surface area contributed by atoms with E-state index in [2.05, 4.69) is 0 Å². The maximum absolute atomic E-state index is 12.1. The number of carbonyl (C=O) groups excluding carboxylic acids is 2. The minimum atomic E-state index is 0.0778. The van der Waals surface area contributed by atoms with Crippen LogP contribution in [0.15, 0.2) is 0 Å². The van der Waals surface area contributed by atoms with Crippen molar-refractivity contribution >= 4 is 23.6 Å². The van der Waals surface area contributed by atoms with E-state index in [9.17, 15) is 9.59 Å². The van der Waals surface area contributed by atoms with Crippen molar-refractivity contribution in [3.05, 3.63) is 0 Å². The summed E-state index contributed by atoms with van der Waals surface area (Å²) in [5.41, 5.74) is 5.88. The van der Waals surface area contributed by atoms with Gasteiger partial charge in [0.25, 0.3) is 0 Å². The zero-order valence-electron chi connectivity index (χ0n) is 10.8. The average Bonchev–Trinajstić information content (AvgIpc) is 2.75. The molecule has 0 aliphatic carbocycles. The lowest BCUT2D eigenvalue weighted by Crippen LogP contribution is -2.46. The zero-order chi connectivity index (χ0) is 13.1. The molecule has 102 valence electrons. The monoisotopic (exact) mass is 271 g/mol. The predicted molar refractivity (Wildman–Crippen MR) is 72.0 cm³/mol. The Bertz CT molecular complexity index is 327. The fourth-order valence-electron chi connectivity index (χ4n) is 2.48. The van der Waals surface area contributed by atoms with Gasteiger partial charge in [0.1, 0.15) is 6.54 Å². The predicted octanol–water partition coefficient (Wildman–Crippen LogP) is 0.105. The first kappa shape index (κ1) is 13.7. The van der Waals surface area contributed by atoms with Crippen LogP contribution in [0.2, 0.25) is 0 Å². The van der Waals surface area contributed by atoms with Gasteiger partial charge in [0.05, 0.1) is 11.6 Å². The normalized spacial score (nSPS) is 23.6. The van der Waals surface area contributed by atoms with E-state index in [0.29, 0.717) is 17.5 Å². The van der Waals surface area contributed by atoms with E-state index in [1.807, 2.05) is 11.8 Å². The van der Waals surface area contributed by atoms with Gasteiger partial charge in [-0.1, -0.05) is 0 Å². The second kappa shape index (κ2) is 5.93. The standard InChI is InChI=1S/C12H21N3O2S/c1-9(13)10-2-4-14(5-3-10)11(16)6-15-8-18-7-12(15)17/h9-10H,2-8,13H2,1H3. The van der Waals surface area contributed by atoms with Crippen LogP contribution >= 0.6 is 11.8 Å². The van der Waals surface area contributed by atoms with Crippen LogP contribution in [0.1, 0.15) is 19.8 Å². The van der Waals surface area contributed by atoms with Gasteiger partial charge >= 0.3 is 0 Å². The van der Waals surface area contributed by atoms with Crippen molar-refractivity contribution in [3.8, 4) is 0 Å². The number of amides is 2. The molecule has 1 unspecified atom stereocenters. The minimum absolute atomic E-state index is 0.0778. The summed E-state index contributed by atoms with van der Waals surface area (Å²) < 4.78 is 0. The maximum Gasteiger partial charge on any atom is 0.242 e. The van der Waals surface area contributed by atoms with Gasteiger partial charge in [-0.05, 0) is 25.7 Å². The first-order valence-electron chi connectivity index (χ1n) is 6.47. The Morgan fingerprint density at radius 2 is 2.17 bits per heavy atom. The molecule has 0 spiro atoms. The Hall–Kier alpha value is -0.750. The van der Waals surface area contributed by atoms with Crippen LogP contribution in [-0.4, -0.2) is 58.9 Å². The summed E-state index contributed by atoms with van der Waals surface area (Å²) in [5, 5.41) is 0. The minimum Gasteiger partial charge on any atom is -0.341 e. The van der Waals surface area contributed by atoms with Crippen LogP contribution in [0, 0.1) is 5.92 Å². The van der Waals surface area contributed by atoms with Crippen molar-refractivity contribution in [2.24, 2.45) is 11.7 Å². The fourth-order valence-corrected chi connectivity index (χ4v) is 3.38. The molecule has 0 radical (unpaired) electrons. The number of thioether (sulfide) groups is 1. The Labute approximate surface area is 112 Å². The topological polar surface area (TPSA) is 66.6 Å². The maximum atomic E-state index is 12.1. The average molecular weight is 271 g/mol. The van der Waals surface area contributed by atoms with E-state index >= 15 is 0 Å². The molecule has 2 N–H and O–H groups in total. The summed E-state index contributed by atoms with van der Waals surface area (Å²) >= 11 is 1.57. The molecule has 2 saturated heterocycles. The first-order valence-corrected chi connectivity index (χ1v) is 7.62. The molecule has 2 rings (SSSR count). The van der Waals surface area contributed by atoms with Crippen LogP contribution in [0.3, 0.4) is 0 Å². The SMILES string of the molecule is CC(N)C1CCN(C(=O)CN2CSCC2=O)CC1. The van der Waals surface area contributed by atoms with Crippen LogP contribution in [0.4, 0.5) is 0 Å². The van der Waals surface area contributed by atoms with Crippen LogP contribution in [0.5, 0.6) is 0 Å². The lowest BCUT2D eigenvalue weighted by molar-refractivity contribution is -0.138. The molecule has 2 amide bonds. The number of likely N-dealkylation sites (tertiary alicyclic amines) is 1. The van der Waals surface area contributed by atoms with E-state index in [1.165, 1.54) is 0 Å². The zero-order valence-corrected chi connectivity index (χ0v) is 11.6. The molecule has 0 aromatic carbocycles. The number of nitrogens with two attached hydrogens (primary N) is 1. The highest BCUT2D eigenvalue weighted by Gasteiger charge is 2.28. The molecule has 2 fully saturated rings. The number of carbonyl (C=O) groups is 2. The number of piperidine rings is 1. The molecular weight excluding hydrogens is 250 g/mol. The molecule has 0 saturated carbocycles. The highest BCUT2D eigenvalue weighted by molar-refractivity contribution is 8.00. The molecular formula is C12H21N3O2S. The molecule has 5 nitrogen and oxygen atoms in total. The third-order valence-electron chi connectivity index (χ3n) is 3.79. The molecule has 1 atom stereocenters. The van der Waals surface area contributed by atoms with E-state index in [4.69, 9.17) is 5.73 Å². The van der Waals surface area contributed by atoms with Gasteiger partial charge in [-0.25, -0.2) is 0 Å². The Kier molecular flexibility index (Phi) is 4.50. The third-order valence-corrected chi connectivity index (χ3v) is 4.73. The Balaban J connectivity index is 1.79. The molecule has 2 aliphatic heterocycles. The second-order valence-electron chi connectivity index (χ2n) is 5.15. The van der Waals surface area contributed by atoms with Gasteiger partial charge in [0.15, 0.2) is 0 Å². The summed E-state index contributed by atoms with van der Waals surface area (Å²) in [6.45, 7) is 3.83. The number of hydrogen-bond acceptors (Lipinski definition) is 4. The molecule has 0 bridgehead atoms. The summed E-state index contributed by atoms with van der Waals surface area (Å²) in [4.78, 5) is 27.0. The number of nitrogens with zero attached hydrogens (tertiary/aromatic N) is 2. The van der Waals surface area contributed by atoms with Gasteiger partial charge < -0.3 is 15.5 Å². The molecule has 0 aromatic heterocycles. The van der Waals surface area contributed by atoms with E-state index < -0.39 is 0 Å². The summed E-state index contributed by atoms with van der Waals surface area (Å²) in [6.07, 6.45) is 1.96. The van der Waals surface area contributed by atoms with Crippen molar-refractivity contribution in [3.63, 3.8) is 0 Å². The van der Waals surface area contributed by atoms with Gasteiger partial charge in [-0.2, -0.15) is 0 Å². The van der Waals surface area contributed by atoms with Gasteiger partial charge in [-0.15, -0.1) is 11.8 Å². The number of hydrogen-bond donors (Lipinski definition) is 1. The van der Waals surface area contributed by atoms with Gasteiger partial charge in [0.2, 0.25) is 11.8 Å². The quantitative estimate of drug-likeness (QED) is 0.791. The van der Waals surface area contributed by atoms with Crippen LogP contribution in [0.25, 0.3) is 0 Å². The van der Waals surface area contributed by atoms with Crippen molar-refractivity contribution in [2.45, 2.75) is 25.8 Å². The van der Waals surface area contributed by atoms with Crippen LogP contribution in [-0.2, 0) is 9.59 Å². The fraction of sp³-hybridized carbons (Fsp3) is 0.833. The largest absolute Gasteiger partial charge is 0.341 e. The lowest BCUT2D eigenvalue weighted by Gasteiger charge is -2.34. The third kappa shape index (κ3) is 3.17. The summed E-state index contributed by atoms with van der Waals surface area (Å²) in [6, 6.07) is 0.207. The molecule has 6 heteroatoms. The smallest absolute Gasteiger partial charge is 0.242 e. The first-order chi connectivity index (χ1) is 8.58. The highest BCUT2D eigenvalue weighted by Crippen LogP contribution is 2.20. The molecule has 0 aromatic rings. The number of rotatable bonds is 3. The van der Waals surface area contributed by atoms with E-state index in [0.717, 1.165) is 25.9 Å². The second-order valence-corrected chi connectivity index (χ2v) is 6.10. The molecule has 2 heterocycles. The molecule has 18 heavy (non-hydrogen) atoms. The van der Waals surface area contributed by atoms with Crippen molar-refractivity contribution < 1.29 is 9.59 Å². The lowest BCUT2D eigenvalue weighted by atomic mass is 9.91. The van der Waals surface area contributed by atoms with Crippen molar-refractivity contribution in [1.82, 2.24) is 9.80 Å². The van der Waals surface area contributed by atoms with Crippen molar-refractivity contribution in [2.75, 3.05) is 31.3 Å². The highest BCUT2D eigenvalue weighted by atomic mass is 32.2. The van der Waals surface area contributed by atoms with Gasteiger partial charge in [-0.3, -0.25) is 9.59 Å². The van der Waals surface area contributed by atoms with Crippen molar-refractivity contribution in [1.29, 1.82) is 0 Å². The van der Waals surface area contributed by atoms with E-state index in [1.54, 1.807) is 16.7 Å².